The van der Waals surface area contributed by atoms with Gasteiger partial charge in [0.2, 0.25) is 0 Å². The predicted molar refractivity (Wildman–Crippen MR) is 64.8 cm³/mol. The zero-order valence-corrected chi connectivity index (χ0v) is 10.4. The average molecular weight is 282 g/mol. The van der Waals surface area contributed by atoms with Crippen molar-refractivity contribution in [3.05, 3.63) is 34.9 Å². The van der Waals surface area contributed by atoms with E-state index in [1.54, 1.807) is 0 Å². The number of ether oxygens (including phenoxy) is 1. The largest absolute Gasteiger partial charge is 0.391 e. The molecule has 3 rings (SSSR count). The van der Waals surface area contributed by atoms with Crippen LogP contribution in [-0.4, -0.2) is 17.1 Å². The number of hydrogen-bond acceptors (Lipinski definition) is 3. The third-order valence-corrected chi connectivity index (χ3v) is 3.68. The van der Waals surface area contributed by atoms with Gasteiger partial charge in [-0.05, 0) is 22.8 Å². The van der Waals surface area contributed by atoms with Crippen molar-refractivity contribution < 1.29 is 9.57 Å². The molecule has 0 bridgehead atoms. The van der Waals surface area contributed by atoms with Gasteiger partial charge >= 0.3 is 0 Å². The molecule has 0 N–H and O–H groups in total. The highest BCUT2D eigenvalue weighted by atomic mass is 79.9. The number of fused-ring (bicyclic) bond motifs is 1. The Morgan fingerprint density at radius 1 is 1.31 bits per heavy atom. The van der Waals surface area contributed by atoms with Crippen LogP contribution in [0.15, 0.2) is 23.4 Å². The highest BCUT2D eigenvalue weighted by Crippen LogP contribution is 2.24. The molecule has 1 aromatic carbocycles. The first-order chi connectivity index (χ1) is 7.86. The van der Waals surface area contributed by atoms with Crippen LogP contribution in [0.3, 0.4) is 0 Å². The van der Waals surface area contributed by atoms with E-state index >= 15 is 0 Å². The monoisotopic (exact) mass is 281 g/mol. The molecule has 2 aliphatic rings. The lowest BCUT2D eigenvalue weighted by Gasteiger charge is -2.03. The fraction of sp³-hybridized carbons (Fsp3) is 0.417. The van der Waals surface area contributed by atoms with Crippen LogP contribution in [0.1, 0.15) is 23.1 Å². The molecule has 0 fully saturated rings. The molecule has 0 saturated heterocycles. The molecule has 0 aromatic heterocycles. The smallest absolute Gasteiger partial charge is 0.142 e. The Hall–Kier alpha value is -0.870. The van der Waals surface area contributed by atoms with Crippen LogP contribution < -0.4 is 0 Å². The summed E-state index contributed by atoms with van der Waals surface area (Å²) in [6.45, 7) is 1.46. The molecule has 84 valence electrons. The van der Waals surface area contributed by atoms with Crippen molar-refractivity contribution in [1.29, 1.82) is 0 Å². The second-order valence-electron chi connectivity index (χ2n) is 4.10. The first-order valence-corrected chi connectivity index (χ1v) is 6.47. The molecule has 1 aromatic rings. The summed E-state index contributed by atoms with van der Waals surface area (Å²) in [5, 5.41) is 4.96. The van der Waals surface area contributed by atoms with Gasteiger partial charge in [-0.3, -0.25) is 0 Å². The van der Waals surface area contributed by atoms with Crippen molar-refractivity contribution in [3.8, 4) is 0 Å². The number of benzene rings is 1. The minimum atomic E-state index is 0.180. The van der Waals surface area contributed by atoms with Crippen LogP contribution in [0.2, 0.25) is 0 Å². The molecule has 0 radical (unpaired) electrons. The number of rotatable bonds is 2. The van der Waals surface area contributed by atoms with Gasteiger partial charge in [0.25, 0.3) is 0 Å². The van der Waals surface area contributed by atoms with Crippen molar-refractivity contribution in [2.24, 2.45) is 5.16 Å². The van der Waals surface area contributed by atoms with Crippen molar-refractivity contribution in [3.63, 3.8) is 0 Å². The van der Waals surface area contributed by atoms with Crippen LogP contribution in [-0.2, 0) is 22.8 Å². The lowest BCUT2D eigenvalue weighted by atomic mass is 10.0. The van der Waals surface area contributed by atoms with E-state index in [0.717, 1.165) is 36.2 Å². The zero-order valence-electron chi connectivity index (χ0n) is 8.78. The standard InChI is InChI=1S/C12H12BrNO2/c13-5-11-4-12(14-16-11)8-1-2-9-6-15-7-10(9)3-8/h1-3,11H,4-7H2. The first kappa shape index (κ1) is 10.3. The van der Waals surface area contributed by atoms with Gasteiger partial charge in [-0.15, -0.1) is 0 Å². The fourth-order valence-corrected chi connectivity index (χ4v) is 2.38. The van der Waals surface area contributed by atoms with Crippen molar-refractivity contribution in [1.82, 2.24) is 0 Å². The predicted octanol–water partition coefficient (Wildman–Crippen LogP) is 2.60. The van der Waals surface area contributed by atoms with Crippen molar-refractivity contribution in [2.45, 2.75) is 25.7 Å². The van der Waals surface area contributed by atoms with Crippen LogP contribution in [0.5, 0.6) is 0 Å². The molecular formula is C12H12BrNO2. The topological polar surface area (TPSA) is 30.8 Å². The molecule has 1 atom stereocenters. The zero-order chi connectivity index (χ0) is 11.0. The molecule has 16 heavy (non-hydrogen) atoms. The van der Waals surface area contributed by atoms with E-state index in [4.69, 9.17) is 9.57 Å². The number of halogens is 1. The Kier molecular flexibility index (Phi) is 2.69. The molecular weight excluding hydrogens is 270 g/mol. The third-order valence-electron chi connectivity index (χ3n) is 2.96. The number of oxime groups is 1. The quantitative estimate of drug-likeness (QED) is 0.781. The maximum atomic E-state index is 5.40. The van der Waals surface area contributed by atoms with Crippen LogP contribution in [0.25, 0.3) is 0 Å². The van der Waals surface area contributed by atoms with Gasteiger partial charge in [-0.25, -0.2) is 0 Å². The van der Waals surface area contributed by atoms with E-state index in [2.05, 4.69) is 39.3 Å². The number of alkyl halides is 1. The second kappa shape index (κ2) is 4.18. The summed E-state index contributed by atoms with van der Waals surface area (Å²) in [5.41, 5.74) is 4.77. The average Bonchev–Trinajstić information content (AvgIpc) is 2.96. The summed E-state index contributed by atoms with van der Waals surface area (Å²) in [7, 11) is 0. The van der Waals surface area contributed by atoms with Gasteiger partial charge in [0.1, 0.15) is 6.10 Å². The summed E-state index contributed by atoms with van der Waals surface area (Å²) in [5.74, 6) is 0. The lowest BCUT2D eigenvalue weighted by Crippen LogP contribution is -2.09. The Balaban J connectivity index is 1.85. The van der Waals surface area contributed by atoms with Gasteiger partial charge < -0.3 is 9.57 Å². The Labute approximate surface area is 103 Å². The minimum Gasteiger partial charge on any atom is -0.391 e. The van der Waals surface area contributed by atoms with Gasteiger partial charge in [-0.2, -0.15) is 0 Å². The number of nitrogens with zero attached hydrogens (tertiary/aromatic N) is 1. The summed E-state index contributed by atoms with van der Waals surface area (Å²) >= 11 is 3.41. The fourth-order valence-electron chi connectivity index (χ4n) is 2.03. The van der Waals surface area contributed by atoms with Gasteiger partial charge in [0, 0.05) is 11.8 Å². The van der Waals surface area contributed by atoms with Crippen molar-refractivity contribution >= 4 is 21.6 Å². The molecule has 0 saturated carbocycles. The third kappa shape index (κ3) is 1.76. The maximum Gasteiger partial charge on any atom is 0.142 e. The Morgan fingerprint density at radius 2 is 2.19 bits per heavy atom. The normalized spacial score (nSPS) is 22.8. The lowest BCUT2D eigenvalue weighted by molar-refractivity contribution is 0.104. The minimum absolute atomic E-state index is 0.180. The molecule has 3 nitrogen and oxygen atoms in total. The summed E-state index contributed by atoms with van der Waals surface area (Å²) in [4.78, 5) is 5.30. The van der Waals surface area contributed by atoms with Gasteiger partial charge in [0.05, 0.1) is 18.9 Å². The van der Waals surface area contributed by atoms with E-state index < -0.39 is 0 Å². The SMILES string of the molecule is BrCC1CC(c2ccc3c(c2)COC3)=NO1. The number of hydrogen-bond donors (Lipinski definition) is 0. The Morgan fingerprint density at radius 3 is 3.00 bits per heavy atom. The maximum absolute atomic E-state index is 5.40. The van der Waals surface area contributed by atoms with E-state index in [-0.39, 0.29) is 6.10 Å². The van der Waals surface area contributed by atoms with Gasteiger partial charge in [-0.1, -0.05) is 33.2 Å². The van der Waals surface area contributed by atoms with E-state index in [0.29, 0.717) is 0 Å². The van der Waals surface area contributed by atoms with Crippen LogP contribution in [0.4, 0.5) is 0 Å². The molecule has 4 heteroatoms. The van der Waals surface area contributed by atoms with Crippen LogP contribution >= 0.6 is 15.9 Å². The van der Waals surface area contributed by atoms with Gasteiger partial charge in [0.15, 0.2) is 0 Å². The van der Waals surface area contributed by atoms with E-state index in [9.17, 15) is 0 Å². The molecule has 0 amide bonds. The molecule has 0 spiro atoms. The molecule has 1 unspecified atom stereocenters. The highest BCUT2D eigenvalue weighted by molar-refractivity contribution is 9.09. The molecule has 2 heterocycles. The molecule has 2 aliphatic heterocycles. The van der Waals surface area contributed by atoms with Crippen LogP contribution in [0, 0.1) is 0 Å². The summed E-state index contributed by atoms with van der Waals surface area (Å²) in [6, 6.07) is 6.40. The first-order valence-electron chi connectivity index (χ1n) is 5.35. The second-order valence-corrected chi connectivity index (χ2v) is 4.75. The van der Waals surface area contributed by atoms with E-state index in [1.807, 2.05) is 0 Å². The van der Waals surface area contributed by atoms with E-state index in [1.165, 1.54) is 11.1 Å². The molecule has 0 aliphatic carbocycles. The Bertz CT molecular complexity index is 445. The summed E-state index contributed by atoms with van der Waals surface area (Å²) < 4.78 is 5.40. The summed E-state index contributed by atoms with van der Waals surface area (Å²) in [6.07, 6.45) is 1.06. The van der Waals surface area contributed by atoms with Crippen molar-refractivity contribution in [2.75, 3.05) is 5.33 Å². The highest BCUT2D eigenvalue weighted by Gasteiger charge is 2.22.